The molecule has 0 bridgehead atoms. The molecular weight excluding hydrogens is 392 g/mol. The molecule has 0 saturated heterocycles. The van der Waals surface area contributed by atoms with E-state index >= 15 is 0 Å². The van der Waals surface area contributed by atoms with Crippen LogP contribution in [0.3, 0.4) is 0 Å². The number of nitrogens with zero attached hydrogens (tertiary/aromatic N) is 1. The Balaban J connectivity index is 1.74. The number of methoxy groups -OCH3 is 2. The van der Waals surface area contributed by atoms with E-state index in [9.17, 15) is 19.7 Å². The summed E-state index contributed by atoms with van der Waals surface area (Å²) in [6.45, 7) is 1.40. The third kappa shape index (κ3) is 4.35. The van der Waals surface area contributed by atoms with Gasteiger partial charge in [0.2, 0.25) is 0 Å². The van der Waals surface area contributed by atoms with Crippen LogP contribution in [0, 0.1) is 10.1 Å². The molecule has 9 nitrogen and oxygen atoms in total. The Bertz CT molecular complexity index is 1000. The van der Waals surface area contributed by atoms with Crippen molar-refractivity contribution in [3.8, 4) is 11.5 Å². The van der Waals surface area contributed by atoms with Crippen LogP contribution in [0.1, 0.15) is 34.8 Å². The Kier molecular flexibility index (Phi) is 6.20. The van der Waals surface area contributed by atoms with E-state index in [-0.39, 0.29) is 17.1 Å². The molecule has 1 atom stereocenters. The molecule has 1 aliphatic carbocycles. The summed E-state index contributed by atoms with van der Waals surface area (Å²) in [7, 11) is 2.66. The van der Waals surface area contributed by atoms with E-state index in [1.807, 2.05) is 12.1 Å². The SMILES string of the molecule is COc1cc(C(=O)O[C@H](C)C(=O)Nc2ccc3c(c2)CCC3)c([N+](=O)[O-])cc1OC. The predicted octanol–water partition coefficient (Wildman–Crippen LogP) is 3.28. The molecule has 2 aromatic carbocycles. The second kappa shape index (κ2) is 8.81. The number of amides is 1. The number of nitro benzene ring substituents is 1. The summed E-state index contributed by atoms with van der Waals surface area (Å²) in [5.41, 5.74) is 2.23. The first-order valence-electron chi connectivity index (χ1n) is 9.38. The van der Waals surface area contributed by atoms with E-state index in [2.05, 4.69) is 5.32 Å². The first-order valence-corrected chi connectivity index (χ1v) is 9.38. The number of hydrogen-bond acceptors (Lipinski definition) is 7. The Morgan fingerprint density at radius 2 is 1.73 bits per heavy atom. The van der Waals surface area contributed by atoms with Crippen molar-refractivity contribution in [3.05, 3.63) is 57.1 Å². The molecule has 1 aliphatic rings. The molecule has 0 radical (unpaired) electrons. The van der Waals surface area contributed by atoms with Gasteiger partial charge in [-0.2, -0.15) is 0 Å². The zero-order chi connectivity index (χ0) is 21.8. The number of carbonyl (C=O) groups excluding carboxylic acids is 2. The largest absolute Gasteiger partial charge is 0.493 e. The molecule has 0 heterocycles. The molecule has 158 valence electrons. The Hall–Kier alpha value is -3.62. The summed E-state index contributed by atoms with van der Waals surface area (Å²) in [5.74, 6) is -1.32. The van der Waals surface area contributed by atoms with Gasteiger partial charge >= 0.3 is 5.97 Å². The van der Waals surface area contributed by atoms with E-state index in [1.54, 1.807) is 6.07 Å². The van der Waals surface area contributed by atoms with E-state index in [4.69, 9.17) is 14.2 Å². The van der Waals surface area contributed by atoms with Crippen LogP contribution in [-0.4, -0.2) is 37.1 Å². The highest BCUT2D eigenvalue weighted by molar-refractivity contribution is 5.99. The topological polar surface area (TPSA) is 117 Å². The van der Waals surface area contributed by atoms with Gasteiger partial charge in [-0.05, 0) is 49.4 Å². The number of rotatable bonds is 7. The van der Waals surface area contributed by atoms with Crippen LogP contribution in [0.2, 0.25) is 0 Å². The van der Waals surface area contributed by atoms with Crippen LogP contribution in [-0.2, 0) is 22.4 Å². The first-order chi connectivity index (χ1) is 14.3. The molecule has 3 rings (SSSR count). The van der Waals surface area contributed by atoms with Gasteiger partial charge in [0.15, 0.2) is 17.6 Å². The van der Waals surface area contributed by atoms with Crippen LogP contribution < -0.4 is 14.8 Å². The van der Waals surface area contributed by atoms with Crippen molar-refractivity contribution in [2.75, 3.05) is 19.5 Å². The number of nitro groups is 1. The van der Waals surface area contributed by atoms with Crippen molar-refractivity contribution in [1.82, 2.24) is 0 Å². The second-order valence-corrected chi connectivity index (χ2v) is 6.86. The summed E-state index contributed by atoms with van der Waals surface area (Å²) in [6, 6.07) is 7.92. The highest BCUT2D eigenvalue weighted by Gasteiger charge is 2.28. The maximum atomic E-state index is 12.6. The van der Waals surface area contributed by atoms with Gasteiger partial charge in [0.25, 0.3) is 11.6 Å². The standard InChI is InChI=1S/C21H22N2O7/c1-12(20(24)22-15-8-7-13-5-4-6-14(13)9-15)30-21(25)16-10-18(28-2)19(29-3)11-17(16)23(26)27/h7-12H,4-6H2,1-3H3,(H,22,24)/t12-/m1/s1. The van der Waals surface area contributed by atoms with Crippen molar-refractivity contribution < 1.29 is 28.7 Å². The van der Waals surface area contributed by atoms with Gasteiger partial charge in [0.1, 0.15) is 5.56 Å². The summed E-state index contributed by atoms with van der Waals surface area (Å²) in [4.78, 5) is 35.7. The Labute approximate surface area is 173 Å². The first kappa shape index (κ1) is 21.1. The monoisotopic (exact) mass is 414 g/mol. The zero-order valence-electron chi connectivity index (χ0n) is 16.9. The summed E-state index contributed by atoms with van der Waals surface area (Å²) in [5, 5.41) is 14.1. The average molecular weight is 414 g/mol. The number of hydrogen-bond donors (Lipinski definition) is 1. The fourth-order valence-corrected chi connectivity index (χ4v) is 3.35. The molecule has 0 aromatic heterocycles. The van der Waals surface area contributed by atoms with Gasteiger partial charge in [-0.15, -0.1) is 0 Å². The van der Waals surface area contributed by atoms with Gasteiger partial charge in [-0.1, -0.05) is 6.07 Å². The maximum absolute atomic E-state index is 12.6. The van der Waals surface area contributed by atoms with Crippen molar-refractivity contribution in [2.24, 2.45) is 0 Å². The highest BCUT2D eigenvalue weighted by atomic mass is 16.6. The number of ether oxygens (including phenoxy) is 3. The highest BCUT2D eigenvalue weighted by Crippen LogP contribution is 2.35. The molecular formula is C21H22N2O7. The minimum Gasteiger partial charge on any atom is -0.493 e. The lowest BCUT2D eigenvalue weighted by Crippen LogP contribution is -2.30. The smallest absolute Gasteiger partial charge is 0.346 e. The quantitative estimate of drug-likeness (QED) is 0.420. The van der Waals surface area contributed by atoms with Crippen LogP contribution in [0.4, 0.5) is 11.4 Å². The van der Waals surface area contributed by atoms with Crippen molar-refractivity contribution in [1.29, 1.82) is 0 Å². The Morgan fingerprint density at radius 3 is 2.40 bits per heavy atom. The van der Waals surface area contributed by atoms with Crippen LogP contribution in [0.5, 0.6) is 11.5 Å². The molecule has 0 saturated carbocycles. The molecule has 0 spiro atoms. The van der Waals surface area contributed by atoms with Crippen molar-refractivity contribution in [2.45, 2.75) is 32.3 Å². The molecule has 0 unspecified atom stereocenters. The van der Waals surface area contributed by atoms with Crippen LogP contribution >= 0.6 is 0 Å². The molecule has 0 fully saturated rings. The van der Waals surface area contributed by atoms with Gasteiger partial charge in [0, 0.05) is 11.8 Å². The lowest BCUT2D eigenvalue weighted by molar-refractivity contribution is -0.385. The number of carbonyl (C=O) groups is 2. The minimum atomic E-state index is -1.17. The number of fused-ring (bicyclic) bond motifs is 1. The van der Waals surface area contributed by atoms with Gasteiger partial charge < -0.3 is 19.5 Å². The number of anilines is 1. The maximum Gasteiger partial charge on any atom is 0.346 e. The van der Waals surface area contributed by atoms with Gasteiger partial charge in [-0.3, -0.25) is 14.9 Å². The summed E-state index contributed by atoms with van der Waals surface area (Å²) >= 11 is 0. The van der Waals surface area contributed by atoms with E-state index in [1.165, 1.54) is 32.3 Å². The zero-order valence-corrected chi connectivity index (χ0v) is 16.9. The van der Waals surface area contributed by atoms with Crippen LogP contribution in [0.15, 0.2) is 30.3 Å². The fourth-order valence-electron chi connectivity index (χ4n) is 3.35. The molecule has 30 heavy (non-hydrogen) atoms. The number of nitrogens with one attached hydrogen (secondary N) is 1. The van der Waals surface area contributed by atoms with Gasteiger partial charge in [0.05, 0.1) is 25.2 Å². The predicted molar refractivity (Wildman–Crippen MR) is 108 cm³/mol. The van der Waals surface area contributed by atoms with E-state index in [0.29, 0.717) is 5.69 Å². The van der Waals surface area contributed by atoms with Crippen molar-refractivity contribution in [3.63, 3.8) is 0 Å². The summed E-state index contributed by atoms with van der Waals surface area (Å²) < 4.78 is 15.3. The van der Waals surface area contributed by atoms with E-state index < -0.39 is 28.6 Å². The second-order valence-electron chi connectivity index (χ2n) is 6.86. The lowest BCUT2D eigenvalue weighted by Gasteiger charge is -2.15. The van der Waals surface area contributed by atoms with E-state index in [0.717, 1.165) is 31.4 Å². The average Bonchev–Trinajstić information content (AvgIpc) is 3.20. The number of esters is 1. The Morgan fingerprint density at radius 1 is 1.07 bits per heavy atom. The van der Waals surface area contributed by atoms with Gasteiger partial charge in [-0.25, -0.2) is 4.79 Å². The van der Waals surface area contributed by atoms with Crippen LogP contribution in [0.25, 0.3) is 0 Å². The lowest BCUT2D eigenvalue weighted by atomic mass is 10.1. The molecule has 1 amide bonds. The number of benzene rings is 2. The fraction of sp³-hybridized carbons (Fsp3) is 0.333. The molecule has 9 heteroatoms. The summed E-state index contributed by atoms with van der Waals surface area (Å²) in [6.07, 6.45) is 1.91. The number of aryl methyl sites for hydroxylation is 2. The molecule has 1 N–H and O–H groups in total. The van der Waals surface area contributed by atoms with Crippen molar-refractivity contribution >= 4 is 23.3 Å². The molecule has 2 aromatic rings. The normalized spacial score (nSPS) is 13.2. The third-order valence-corrected chi connectivity index (χ3v) is 4.94. The third-order valence-electron chi connectivity index (χ3n) is 4.94. The molecule has 0 aliphatic heterocycles. The minimum absolute atomic E-state index is 0.100.